The summed E-state index contributed by atoms with van der Waals surface area (Å²) in [5, 5.41) is 1.07. The number of ether oxygens (including phenoxy) is 1. The number of imidazole rings is 1. The lowest BCUT2D eigenvalue weighted by Gasteiger charge is -2.10. The second-order valence-electron chi connectivity index (χ2n) is 5.52. The standard InChI is InChI=1S/C19H16N4O/c1-24-19-16(10-15-4-2-3-5-17(15)22-19)18-7-6-14(11-21-18)12-23-9-8-20-13-23/h2-11,13H,12H2,1H3. The zero-order chi connectivity index (χ0) is 16.4. The van der Waals surface area contributed by atoms with E-state index in [4.69, 9.17) is 4.74 Å². The molecule has 118 valence electrons. The molecule has 5 heteroatoms. The lowest BCUT2D eigenvalue weighted by molar-refractivity contribution is 0.401. The van der Waals surface area contributed by atoms with Crippen LogP contribution in [0.5, 0.6) is 5.88 Å². The number of rotatable bonds is 4. The van der Waals surface area contributed by atoms with Crippen LogP contribution in [-0.4, -0.2) is 26.6 Å². The predicted octanol–water partition coefficient (Wildman–Crippen LogP) is 3.55. The molecule has 0 aliphatic heterocycles. The van der Waals surface area contributed by atoms with Crippen molar-refractivity contribution in [3.8, 4) is 17.1 Å². The fourth-order valence-corrected chi connectivity index (χ4v) is 2.71. The van der Waals surface area contributed by atoms with E-state index in [9.17, 15) is 0 Å². The molecular weight excluding hydrogens is 300 g/mol. The summed E-state index contributed by atoms with van der Waals surface area (Å²) in [6.45, 7) is 0.750. The van der Waals surface area contributed by atoms with E-state index < -0.39 is 0 Å². The van der Waals surface area contributed by atoms with Gasteiger partial charge in [0, 0.05) is 30.5 Å². The highest BCUT2D eigenvalue weighted by Crippen LogP contribution is 2.30. The molecule has 0 amide bonds. The van der Waals surface area contributed by atoms with Crippen LogP contribution in [0.25, 0.3) is 22.2 Å². The Morgan fingerprint density at radius 1 is 1.12 bits per heavy atom. The molecule has 0 atom stereocenters. The van der Waals surface area contributed by atoms with Gasteiger partial charge >= 0.3 is 0 Å². The van der Waals surface area contributed by atoms with Gasteiger partial charge in [0.1, 0.15) is 0 Å². The highest BCUT2D eigenvalue weighted by Gasteiger charge is 2.11. The maximum Gasteiger partial charge on any atom is 0.223 e. The summed E-state index contributed by atoms with van der Waals surface area (Å²) in [4.78, 5) is 13.2. The quantitative estimate of drug-likeness (QED) is 0.578. The van der Waals surface area contributed by atoms with Crippen molar-refractivity contribution in [2.24, 2.45) is 0 Å². The Labute approximate surface area is 139 Å². The van der Waals surface area contributed by atoms with Gasteiger partial charge < -0.3 is 9.30 Å². The van der Waals surface area contributed by atoms with E-state index in [1.807, 2.05) is 47.3 Å². The predicted molar refractivity (Wildman–Crippen MR) is 92.9 cm³/mol. The Morgan fingerprint density at radius 3 is 2.79 bits per heavy atom. The fourth-order valence-electron chi connectivity index (χ4n) is 2.71. The molecular formula is C19H16N4O. The van der Waals surface area contributed by atoms with Gasteiger partial charge in [0.2, 0.25) is 5.88 Å². The molecule has 4 aromatic rings. The van der Waals surface area contributed by atoms with E-state index in [1.165, 1.54) is 0 Å². The largest absolute Gasteiger partial charge is 0.480 e. The van der Waals surface area contributed by atoms with Crippen LogP contribution in [0.4, 0.5) is 0 Å². The van der Waals surface area contributed by atoms with Gasteiger partial charge in [0.05, 0.1) is 30.2 Å². The van der Waals surface area contributed by atoms with Gasteiger partial charge in [-0.15, -0.1) is 0 Å². The lowest BCUT2D eigenvalue weighted by Crippen LogP contribution is -1.98. The summed E-state index contributed by atoms with van der Waals surface area (Å²) in [6.07, 6.45) is 7.38. The zero-order valence-electron chi connectivity index (χ0n) is 13.3. The molecule has 0 bridgehead atoms. The molecule has 3 heterocycles. The molecule has 5 nitrogen and oxygen atoms in total. The van der Waals surface area contributed by atoms with Crippen molar-refractivity contribution in [2.45, 2.75) is 6.54 Å². The third-order valence-electron chi connectivity index (χ3n) is 3.91. The third kappa shape index (κ3) is 2.72. The van der Waals surface area contributed by atoms with Crippen LogP contribution >= 0.6 is 0 Å². The first-order valence-corrected chi connectivity index (χ1v) is 7.68. The first-order valence-electron chi connectivity index (χ1n) is 7.68. The highest BCUT2D eigenvalue weighted by atomic mass is 16.5. The van der Waals surface area contributed by atoms with Crippen molar-refractivity contribution in [1.29, 1.82) is 0 Å². The number of nitrogens with zero attached hydrogens (tertiary/aromatic N) is 4. The molecule has 24 heavy (non-hydrogen) atoms. The van der Waals surface area contributed by atoms with Crippen molar-refractivity contribution in [3.05, 3.63) is 72.9 Å². The van der Waals surface area contributed by atoms with Crippen LogP contribution in [-0.2, 0) is 6.54 Å². The lowest BCUT2D eigenvalue weighted by atomic mass is 10.1. The van der Waals surface area contributed by atoms with Gasteiger partial charge in [-0.3, -0.25) is 4.98 Å². The fraction of sp³-hybridized carbons (Fsp3) is 0.105. The van der Waals surface area contributed by atoms with E-state index >= 15 is 0 Å². The zero-order valence-corrected chi connectivity index (χ0v) is 13.3. The minimum absolute atomic E-state index is 0.587. The number of benzene rings is 1. The molecule has 3 aromatic heterocycles. The van der Waals surface area contributed by atoms with E-state index in [-0.39, 0.29) is 0 Å². The van der Waals surface area contributed by atoms with E-state index in [2.05, 4.69) is 27.1 Å². The van der Waals surface area contributed by atoms with Crippen molar-refractivity contribution in [3.63, 3.8) is 0 Å². The Bertz CT molecular complexity index is 963. The second-order valence-corrected chi connectivity index (χ2v) is 5.52. The summed E-state index contributed by atoms with van der Waals surface area (Å²) < 4.78 is 7.47. The Hall–Kier alpha value is -3.21. The van der Waals surface area contributed by atoms with Crippen molar-refractivity contribution >= 4 is 10.9 Å². The van der Waals surface area contributed by atoms with Crippen LogP contribution in [0, 0.1) is 0 Å². The molecule has 1 aromatic carbocycles. The molecule has 0 radical (unpaired) electrons. The maximum atomic E-state index is 5.46. The van der Waals surface area contributed by atoms with Crippen molar-refractivity contribution in [2.75, 3.05) is 7.11 Å². The summed E-state index contributed by atoms with van der Waals surface area (Å²) in [6, 6.07) is 14.1. The number of hydrogen-bond acceptors (Lipinski definition) is 4. The average Bonchev–Trinajstić information content (AvgIpc) is 3.14. The van der Waals surface area contributed by atoms with E-state index in [0.717, 1.165) is 34.3 Å². The molecule has 0 saturated heterocycles. The van der Waals surface area contributed by atoms with Gasteiger partial charge in [-0.2, -0.15) is 0 Å². The average molecular weight is 316 g/mol. The number of hydrogen-bond donors (Lipinski definition) is 0. The number of methoxy groups -OCH3 is 1. The van der Waals surface area contributed by atoms with Gasteiger partial charge in [-0.1, -0.05) is 24.3 Å². The summed E-state index contributed by atoms with van der Waals surface area (Å²) in [5.41, 5.74) is 3.77. The number of para-hydroxylation sites is 1. The smallest absolute Gasteiger partial charge is 0.223 e. The van der Waals surface area contributed by atoms with E-state index in [0.29, 0.717) is 5.88 Å². The van der Waals surface area contributed by atoms with Crippen LogP contribution in [0.1, 0.15) is 5.56 Å². The number of fused-ring (bicyclic) bond motifs is 1. The molecule has 0 aliphatic carbocycles. The van der Waals surface area contributed by atoms with Crippen LogP contribution < -0.4 is 4.74 Å². The van der Waals surface area contributed by atoms with Gasteiger partial charge in [-0.25, -0.2) is 9.97 Å². The third-order valence-corrected chi connectivity index (χ3v) is 3.91. The van der Waals surface area contributed by atoms with Crippen LogP contribution in [0.15, 0.2) is 67.4 Å². The molecule has 0 spiro atoms. The molecule has 0 unspecified atom stereocenters. The Morgan fingerprint density at radius 2 is 2.04 bits per heavy atom. The number of aromatic nitrogens is 4. The highest BCUT2D eigenvalue weighted by molar-refractivity contribution is 5.85. The SMILES string of the molecule is COc1nc2ccccc2cc1-c1ccc(Cn2ccnc2)cn1. The Kier molecular flexibility index (Phi) is 3.67. The van der Waals surface area contributed by atoms with Crippen LogP contribution in [0.3, 0.4) is 0 Å². The molecule has 0 N–H and O–H groups in total. The second kappa shape index (κ2) is 6.12. The van der Waals surface area contributed by atoms with Crippen LogP contribution in [0.2, 0.25) is 0 Å². The summed E-state index contributed by atoms with van der Waals surface area (Å²) in [7, 11) is 1.63. The van der Waals surface area contributed by atoms with Gasteiger partial charge in [0.25, 0.3) is 0 Å². The maximum absolute atomic E-state index is 5.46. The minimum Gasteiger partial charge on any atom is -0.480 e. The van der Waals surface area contributed by atoms with Crippen molar-refractivity contribution in [1.82, 2.24) is 19.5 Å². The summed E-state index contributed by atoms with van der Waals surface area (Å²) >= 11 is 0. The molecule has 0 saturated carbocycles. The number of pyridine rings is 2. The topological polar surface area (TPSA) is 52.8 Å². The Balaban J connectivity index is 1.71. The van der Waals surface area contributed by atoms with Gasteiger partial charge in [0.15, 0.2) is 0 Å². The summed E-state index contributed by atoms with van der Waals surface area (Å²) in [5.74, 6) is 0.587. The monoisotopic (exact) mass is 316 g/mol. The first-order chi connectivity index (χ1) is 11.8. The normalized spacial score (nSPS) is 10.9. The van der Waals surface area contributed by atoms with Gasteiger partial charge in [-0.05, 0) is 23.8 Å². The van der Waals surface area contributed by atoms with Crippen molar-refractivity contribution < 1.29 is 4.74 Å². The molecule has 0 aliphatic rings. The molecule has 0 fully saturated rings. The first kappa shape index (κ1) is 14.4. The minimum atomic E-state index is 0.587. The molecule has 4 rings (SSSR count). The van der Waals surface area contributed by atoms with E-state index in [1.54, 1.807) is 19.6 Å².